The normalized spacial score (nSPS) is 27.9. The third-order valence-corrected chi connectivity index (χ3v) is 5.56. The van der Waals surface area contributed by atoms with Gasteiger partial charge in [-0.05, 0) is 43.6 Å². The van der Waals surface area contributed by atoms with Crippen molar-refractivity contribution in [3.05, 3.63) is 0 Å². The average molecular weight is 490 g/mol. The summed E-state index contributed by atoms with van der Waals surface area (Å²) in [7, 11) is 3.82. The summed E-state index contributed by atoms with van der Waals surface area (Å²) in [6.45, 7) is 4.25. The van der Waals surface area contributed by atoms with Gasteiger partial charge in [-0.1, -0.05) is 19.8 Å². The van der Waals surface area contributed by atoms with Crippen LogP contribution in [0.1, 0.15) is 39.0 Å². The van der Waals surface area contributed by atoms with Gasteiger partial charge in [0.1, 0.15) is 0 Å². The predicted molar refractivity (Wildman–Crippen MR) is 111 cm³/mol. The van der Waals surface area contributed by atoms with E-state index in [-0.39, 0.29) is 29.9 Å². The standard InChI is InChI=1S/C18H33F3N4.HI/c1-14-4-6-15(7-5-14)11-24(3)17(22-2)23-10-16-8-9-25(12-16)13-18(19,20)21;/h14-16H,4-13H2,1-3H3,(H,22,23);1H. The molecular weight excluding hydrogens is 456 g/mol. The number of rotatable bonds is 5. The van der Waals surface area contributed by atoms with Gasteiger partial charge in [-0.25, -0.2) is 0 Å². The minimum atomic E-state index is -4.10. The highest BCUT2D eigenvalue weighted by Gasteiger charge is 2.34. The zero-order valence-corrected chi connectivity index (χ0v) is 18.5. The van der Waals surface area contributed by atoms with Crippen LogP contribution in [0, 0.1) is 17.8 Å². The van der Waals surface area contributed by atoms with E-state index >= 15 is 0 Å². The molecule has 0 spiro atoms. The maximum atomic E-state index is 12.5. The Morgan fingerprint density at radius 2 is 1.81 bits per heavy atom. The van der Waals surface area contributed by atoms with Crippen LogP contribution in [0.3, 0.4) is 0 Å². The molecule has 2 fully saturated rings. The molecule has 1 atom stereocenters. The smallest absolute Gasteiger partial charge is 0.356 e. The van der Waals surface area contributed by atoms with Gasteiger partial charge in [-0.3, -0.25) is 9.89 Å². The topological polar surface area (TPSA) is 30.9 Å². The molecule has 1 unspecified atom stereocenters. The third-order valence-electron chi connectivity index (χ3n) is 5.56. The number of halogens is 4. The number of hydrogen-bond donors (Lipinski definition) is 1. The summed E-state index contributed by atoms with van der Waals surface area (Å²) >= 11 is 0. The van der Waals surface area contributed by atoms with Crippen molar-refractivity contribution in [2.75, 3.05) is 46.8 Å². The van der Waals surface area contributed by atoms with E-state index in [1.54, 1.807) is 7.05 Å². The van der Waals surface area contributed by atoms with Gasteiger partial charge in [0, 0.05) is 33.7 Å². The van der Waals surface area contributed by atoms with Crippen molar-refractivity contribution in [3.8, 4) is 0 Å². The summed E-state index contributed by atoms with van der Waals surface area (Å²) in [5.74, 6) is 2.67. The van der Waals surface area contributed by atoms with Gasteiger partial charge in [0.05, 0.1) is 6.54 Å². The summed E-state index contributed by atoms with van der Waals surface area (Å²) in [4.78, 5) is 8.02. The third kappa shape index (κ3) is 8.19. The molecule has 1 aliphatic heterocycles. The molecule has 1 heterocycles. The minimum absolute atomic E-state index is 0. The monoisotopic (exact) mass is 490 g/mol. The van der Waals surface area contributed by atoms with E-state index in [2.05, 4.69) is 29.2 Å². The van der Waals surface area contributed by atoms with Crippen LogP contribution in [0.25, 0.3) is 0 Å². The second kappa shape index (κ2) is 10.9. The highest BCUT2D eigenvalue weighted by atomic mass is 127. The quantitative estimate of drug-likeness (QED) is 0.361. The number of nitrogens with one attached hydrogen (secondary N) is 1. The molecule has 0 radical (unpaired) electrons. The van der Waals surface area contributed by atoms with Crippen molar-refractivity contribution in [1.82, 2.24) is 15.1 Å². The van der Waals surface area contributed by atoms with Gasteiger partial charge in [0.2, 0.25) is 0 Å². The SMILES string of the molecule is CN=C(NCC1CCN(CC(F)(F)F)C1)N(C)CC1CCC(C)CC1.I. The Morgan fingerprint density at radius 3 is 2.38 bits per heavy atom. The zero-order chi connectivity index (χ0) is 18.4. The molecule has 1 N–H and O–H groups in total. The van der Waals surface area contributed by atoms with Crippen LogP contribution in [0.2, 0.25) is 0 Å². The highest BCUT2D eigenvalue weighted by Crippen LogP contribution is 2.28. The fraction of sp³-hybridized carbons (Fsp3) is 0.944. The molecule has 154 valence electrons. The van der Waals surface area contributed by atoms with Crippen LogP contribution in [-0.4, -0.2) is 68.8 Å². The molecule has 0 aromatic carbocycles. The van der Waals surface area contributed by atoms with Crippen LogP contribution >= 0.6 is 24.0 Å². The van der Waals surface area contributed by atoms with Crippen molar-refractivity contribution < 1.29 is 13.2 Å². The van der Waals surface area contributed by atoms with Crippen molar-refractivity contribution in [2.45, 2.75) is 45.2 Å². The lowest BCUT2D eigenvalue weighted by atomic mass is 9.83. The van der Waals surface area contributed by atoms with Crippen molar-refractivity contribution in [1.29, 1.82) is 0 Å². The summed E-state index contributed by atoms with van der Waals surface area (Å²) in [6.07, 6.45) is 1.87. The maximum absolute atomic E-state index is 12.5. The van der Waals surface area contributed by atoms with Gasteiger partial charge < -0.3 is 10.2 Å². The van der Waals surface area contributed by atoms with Crippen LogP contribution in [0.4, 0.5) is 13.2 Å². The fourth-order valence-electron chi connectivity index (χ4n) is 4.08. The van der Waals surface area contributed by atoms with E-state index in [0.29, 0.717) is 25.6 Å². The molecule has 0 aromatic heterocycles. The van der Waals surface area contributed by atoms with Gasteiger partial charge in [-0.15, -0.1) is 24.0 Å². The average Bonchev–Trinajstić information content (AvgIpc) is 2.95. The van der Waals surface area contributed by atoms with Crippen LogP contribution in [0.5, 0.6) is 0 Å². The highest BCUT2D eigenvalue weighted by molar-refractivity contribution is 14.0. The van der Waals surface area contributed by atoms with E-state index in [1.165, 1.54) is 30.6 Å². The Labute approximate surface area is 173 Å². The second-order valence-electron chi connectivity index (χ2n) is 7.94. The molecule has 2 rings (SSSR count). The number of nitrogens with zero attached hydrogens (tertiary/aromatic N) is 3. The van der Waals surface area contributed by atoms with Gasteiger partial charge in [-0.2, -0.15) is 13.2 Å². The summed E-state index contributed by atoms with van der Waals surface area (Å²) in [5, 5.41) is 3.36. The fourth-order valence-corrected chi connectivity index (χ4v) is 4.08. The number of hydrogen-bond acceptors (Lipinski definition) is 2. The Kier molecular flexibility index (Phi) is 9.99. The first-order valence-corrected chi connectivity index (χ1v) is 9.47. The summed E-state index contributed by atoms with van der Waals surface area (Å²) in [5.41, 5.74) is 0. The van der Waals surface area contributed by atoms with E-state index in [9.17, 15) is 13.2 Å². The van der Waals surface area contributed by atoms with Crippen molar-refractivity contribution >= 4 is 29.9 Å². The Hall–Kier alpha value is -0.250. The summed E-state index contributed by atoms with van der Waals surface area (Å²) < 4.78 is 37.4. The van der Waals surface area contributed by atoms with E-state index < -0.39 is 12.7 Å². The lowest BCUT2D eigenvalue weighted by molar-refractivity contribution is -0.143. The molecule has 1 saturated heterocycles. The van der Waals surface area contributed by atoms with E-state index in [0.717, 1.165) is 24.8 Å². The van der Waals surface area contributed by atoms with Crippen LogP contribution < -0.4 is 5.32 Å². The van der Waals surface area contributed by atoms with Crippen LogP contribution in [0.15, 0.2) is 4.99 Å². The van der Waals surface area contributed by atoms with E-state index in [1.807, 2.05) is 0 Å². The number of aliphatic imine (C=N–C) groups is 1. The lowest BCUT2D eigenvalue weighted by Crippen LogP contribution is -2.43. The van der Waals surface area contributed by atoms with Gasteiger partial charge >= 0.3 is 6.18 Å². The predicted octanol–water partition coefficient (Wildman–Crippen LogP) is 3.82. The molecule has 1 aliphatic carbocycles. The first kappa shape index (κ1) is 23.8. The van der Waals surface area contributed by atoms with Crippen molar-refractivity contribution in [3.63, 3.8) is 0 Å². The second-order valence-corrected chi connectivity index (χ2v) is 7.94. The van der Waals surface area contributed by atoms with Gasteiger partial charge in [0.25, 0.3) is 0 Å². The molecule has 2 aliphatic rings. The number of alkyl halides is 3. The molecule has 4 nitrogen and oxygen atoms in total. The molecular formula is C18H34F3IN4. The lowest BCUT2D eigenvalue weighted by Gasteiger charge is -2.31. The van der Waals surface area contributed by atoms with Crippen LogP contribution in [-0.2, 0) is 0 Å². The van der Waals surface area contributed by atoms with E-state index in [4.69, 9.17) is 0 Å². The molecule has 0 bridgehead atoms. The maximum Gasteiger partial charge on any atom is 0.401 e. The molecule has 1 saturated carbocycles. The zero-order valence-electron chi connectivity index (χ0n) is 16.2. The number of likely N-dealkylation sites (tertiary alicyclic amines) is 1. The number of guanidine groups is 1. The molecule has 0 aromatic rings. The van der Waals surface area contributed by atoms with Crippen molar-refractivity contribution in [2.24, 2.45) is 22.7 Å². The largest absolute Gasteiger partial charge is 0.401 e. The Bertz CT molecular complexity index is 437. The van der Waals surface area contributed by atoms with Gasteiger partial charge in [0.15, 0.2) is 5.96 Å². The minimum Gasteiger partial charge on any atom is -0.356 e. The first-order valence-electron chi connectivity index (χ1n) is 9.47. The first-order chi connectivity index (χ1) is 11.8. The Morgan fingerprint density at radius 1 is 1.15 bits per heavy atom. The molecule has 8 heteroatoms. The molecule has 26 heavy (non-hydrogen) atoms. The molecule has 0 amide bonds. The summed E-state index contributed by atoms with van der Waals surface area (Å²) in [6, 6.07) is 0. The Balaban J connectivity index is 0.00000338.